The van der Waals surface area contributed by atoms with Crippen LogP contribution >= 0.6 is 50.2 Å². The molecule has 0 radical (unpaired) electrons. The first-order valence-corrected chi connectivity index (χ1v) is 8.65. The number of carbonyl (C=O) groups is 1. The van der Waals surface area contributed by atoms with Crippen LogP contribution < -0.4 is 5.32 Å². The number of thiophene rings is 2. The minimum Gasteiger partial charge on any atom is -0.320 e. The van der Waals surface area contributed by atoms with Gasteiger partial charge in [0.1, 0.15) is 0 Å². The first-order chi connectivity index (χ1) is 9.54. The molecule has 3 rings (SSSR count). The average molecular weight is 387 g/mol. The maximum atomic E-state index is 12.3. The molecule has 102 valence electrons. The van der Waals surface area contributed by atoms with Gasteiger partial charge < -0.3 is 5.32 Å². The van der Waals surface area contributed by atoms with Crippen molar-refractivity contribution in [2.75, 3.05) is 5.32 Å². The molecule has 0 aliphatic carbocycles. The molecule has 0 bridgehead atoms. The Kier molecular flexibility index (Phi) is 3.86. The van der Waals surface area contributed by atoms with Gasteiger partial charge in [0.25, 0.3) is 5.91 Å². The summed E-state index contributed by atoms with van der Waals surface area (Å²) in [5.41, 5.74) is 1.65. The van der Waals surface area contributed by atoms with Crippen LogP contribution in [0.15, 0.2) is 34.1 Å². The Hall–Kier alpha value is -0.880. The van der Waals surface area contributed by atoms with Crippen LogP contribution in [0, 0.1) is 6.92 Å². The molecule has 0 atom stereocenters. The van der Waals surface area contributed by atoms with Crippen molar-refractivity contribution in [3.63, 3.8) is 0 Å². The number of anilines is 1. The summed E-state index contributed by atoms with van der Waals surface area (Å²) in [6, 6.07) is 7.60. The molecule has 0 spiro atoms. The van der Waals surface area contributed by atoms with Gasteiger partial charge in [-0.2, -0.15) is 0 Å². The van der Waals surface area contributed by atoms with Crippen molar-refractivity contribution < 1.29 is 4.79 Å². The van der Waals surface area contributed by atoms with E-state index in [1.54, 1.807) is 17.4 Å². The summed E-state index contributed by atoms with van der Waals surface area (Å²) in [6.07, 6.45) is 0. The Morgan fingerprint density at radius 3 is 2.85 bits per heavy atom. The van der Waals surface area contributed by atoms with Crippen LogP contribution in [0.4, 0.5) is 5.69 Å². The summed E-state index contributed by atoms with van der Waals surface area (Å²) in [4.78, 5) is 13.0. The lowest BCUT2D eigenvalue weighted by Crippen LogP contribution is -2.10. The lowest BCUT2D eigenvalue weighted by atomic mass is 10.2. The largest absolute Gasteiger partial charge is 0.320 e. The third kappa shape index (κ3) is 2.63. The maximum absolute atomic E-state index is 12.3. The van der Waals surface area contributed by atoms with E-state index in [2.05, 4.69) is 21.2 Å². The van der Waals surface area contributed by atoms with Gasteiger partial charge in [0, 0.05) is 18.9 Å². The minimum atomic E-state index is -0.112. The molecule has 2 aromatic heterocycles. The van der Waals surface area contributed by atoms with E-state index in [1.165, 1.54) is 11.3 Å². The first kappa shape index (κ1) is 14.1. The molecule has 0 saturated carbocycles. The van der Waals surface area contributed by atoms with Crippen molar-refractivity contribution in [3.8, 4) is 0 Å². The number of hydrogen-bond acceptors (Lipinski definition) is 3. The van der Waals surface area contributed by atoms with Crippen molar-refractivity contribution >= 4 is 71.2 Å². The lowest BCUT2D eigenvalue weighted by Gasteiger charge is -2.08. The summed E-state index contributed by atoms with van der Waals surface area (Å²) in [5.74, 6) is -0.112. The van der Waals surface area contributed by atoms with Crippen LogP contribution in [-0.2, 0) is 0 Å². The molecular weight excluding hydrogens is 378 g/mol. The highest BCUT2D eigenvalue weighted by atomic mass is 79.9. The zero-order valence-corrected chi connectivity index (χ0v) is 14.3. The summed E-state index contributed by atoms with van der Waals surface area (Å²) in [7, 11) is 0. The second kappa shape index (κ2) is 5.48. The predicted octanol–water partition coefficient (Wildman–Crippen LogP) is 5.94. The van der Waals surface area contributed by atoms with Crippen molar-refractivity contribution in [1.82, 2.24) is 0 Å². The number of benzene rings is 1. The molecule has 0 saturated heterocycles. The number of nitrogens with one attached hydrogen (secondary N) is 1. The van der Waals surface area contributed by atoms with Gasteiger partial charge in [0.05, 0.1) is 10.6 Å². The normalized spacial score (nSPS) is 10.9. The first-order valence-electron chi connectivity index (χ1n) is 5.78. The second-order valence-electron chi connectivity index (χ2n) is 4.30. The number of carbonyl (C=O) groups excluding carboxylic acids is 1. The molecule has 0 unspecified atom stereocenters. The monoisotopic (exact) mass is 385 g/mol. The van der Waals surface area contributed by atoms with Crippen LogP contribution in [0.1, 0.15) is 15.2 Å². The van der Waals surface area contributed by atoms with Gasteiger partial charge in [-0.15, -0.1) is 22.7 Å². The highest BCUT2D eigenvalue weighted by Crippen LogP contribution is 2.32. The highest BCUT2D eigenvalue weighted by molar-refractivity contribution is 9.10. The Morgan fingerprint density at radius 2 is 2.10 bits per heavy atom. The van der Waals surface area contributed by atoms with Gasteiger partial charge in [-0.05, 0) is 58.1 Å². The van der Waals surface area contributed by atoms with Crippen LogP contribution in [-0.4, -0.2) is 5.91 Å². The number of amides is 1. The van der Waals surface area contributed by atoms with Crippen LogP contribution in [0.3, 0.4) is 0 Å². The third-order valence-corrected chi connectivity index (χ3v) is 6.02. The average Bonchev–Trinajstić information content (AvgIpc) is 2.96. The summed E-state index contributed by atoms with van der Waals surface area (Å²) in [5, 5.41) is 5.55. The Labute approximate surface area is 137 Å². The summed E-state index contributed by atoms with van der Waals surface area (Å²) >= 11 is 12.7. The maximum Gasteiger partial charge on any atom is 0.265 e. The van der Waals surface area contributed by atoms with E-state index in [-0.39, 0.29) is 5.91 Å². The van der Waals surface area contributed by atoms with E-state index >= 15 is 0 Å². The van der Waals surface area contributed by atoms with Crippen LogP contribution in [0.5, 0.6) is 0 Å². The molecular formula is C14H9BrClNOS2. The lowest BCUT2D eigenvalue weighted by molar-refractivity contribution is 0.103. The summed E-state index contributed by atoms with van der Waals surface area (Å²) < 4.78 is 3.11. The molecule has 6 heteroatoms. The van der Waals surface area contributed by atoms with E-state index in [0.29, 0.717) is 15.6 Å². The van der Waals surface area contributed by atoms with Gasteiger partial charge in [-0.3, -0.25) is 4.79 Å². The van der Waals surface area contributed by atoms with Crippen molar-refractivity contribution in [1.29, 1.82) is 0 Å². The Morgan fingerprint density at radius 1 is 1.30 bits per heavy atom. The van der Waals surface area contributed by atoms with E-state index in [1.807, 2.05) is 30.5 Å². The van der Waals surface area contributed by atoms with E-state index in [4.69, 9.17) is 11.6 Å². The van der Waals surface area contributed by atoms with Crippen LogP contribution in [0.2, 0.25) is 5.02 Å². The van der Waals surface area contributed by atoms with Gasteiger partial charge in [-0.25, -0.2) is 0 Å². The Bertz CT molecular complexity index is 780. The summed E-state index contributed by atoms with van der Waals surface area (Å²) in [6.45, 7) is 1.92. The fourth-order valence-corrected chi connectivity index (χ4v) is 4.53. The fraction of sp³-hybridized carbons (Fsp3) is 0.0714. The molecule has 20 heavy (non-hydrogen) atoms. The molecule has 0 fully saturated rings. The van der Waals surface area contributed by atoms with Crippen molar-refractivity contribution in [3.05, 3.63) is 49.6 Å². The number of halogens is 2. The Balaban J connectivity index is 1.89. The smallest absolute Gasteiger partial charge is 0.265 e. The fourth-order valence-electron chi connectivity index (χ4n) is 1.80. The van der Waals surface area contributed by atoms with Crippen LogP contribution in [0.25, 0.3) is 9.40 Å². The van der Waals surface area contributed by atoms with Gasteiger partial charge in [0.2, 0.25) is 0 Å². The molecule has 0 aliphatic heterocycles. The number of rotatable bonds is 2. The molecule has 0 aliphatic rings. The van der Waals surface area contributed by atoms with E-state index in [9.17, 15) is 4.79 Å². The van der Waals surface area contributed by atoms with Gasteiger partial charge in [0.15, 0.2) is 0 Å². The number of fused-ring (bicyclic) bond motifs is 1. The topological polar surface area (TPSA) is 29.1 Å². The zero-order chi connectivity index (χ0) is 14.3. The number of hydrogen-bond donors (Lipinski definition) is 1. The van der Waals surface area contributed by atoms with E-state index in [0.717, 1.165) is 19.4 Å². The molecule has 3 aromatic rings. The quantitative estimate of drug-likeness (QED) is 0.580. The number of aryl methyl sites for hydroxylation is 1. The molecule has 2 heterocycles. The second-order valence-corrected chi connectivity index (χ2v) is 7.59. The predicted molar refractivity (Wildman–Crippen MR) is 91.5 cm³/mol. The van der Waals surface area contributed by atoms with Crippen molar-refractivity contribution in [2.45, 2.75) is 6.92 Å². The zero-order valence-electron chi connectivity index (χ0n) is 10.4. The van der Waals surface area contributed by atoms with Gasteiger partial charge >= 0.3 is 0 Å². The van der Waals surface area contributed by atoms with Crippen molar-refractivity contribution in [2.24, 2.45) is 0 Å². The molecule has 1 aromatic carbocycles. The van der Waals surface area contributed by atoms with E-state index < -0.39 is 0 Å². The molecule has 1 N–H and O–H groups in total. The SMILES string of the molecule is Cc1cc(Br)c(NC(=O)c2cc3sccc3s2)cc1Cl. The third-order valence-electron chi connectivity index (χ3n) is 2.86. The highest BCUT2D eigenvalue weighted by Gasteiger charge is 2.13. The van der Waals surface area contributed by atoms with Gasteiger partial charge in [-0.1, -0.05) is 11.6 Å². The molecule has 2 nitrogen and oxygen atoms in total. The molecule has 1 amide bonds. The standard InChI is InChI=1S/C14H9BrClNOS2/c1-7-4-8(15)10(5-9(7)16)17-14(18)13-6-12-11(20-13)2-3-19-12/h2-6H,1H3,(H,17,18). The minimum absolute atomic E-state index is 0.112.